The summed E-state index contributed by atoms with van der Waals surface area (Å²) >= 11 is 0. The lowest BCUT2D eigenvalue weighted by atomic mass is 9.95. The van der Waals surface area contributed by atoms with Crippen LogP contribution in [0.2, 0.25) is 0 Å². The molecule has 1 atom stereocenters. The van der Waals surface area contributed by atoms with Crippen molar-refractivity contribution in [3.05, 3.63) is 42.1 Å². The molecule has 0 saturated carbocycles. The number of carboxylic acid groups (broad SMARTS) is 1. The molecule has 9 nitrogen and oxygen atoms in total. The maximum absolute atomic E-state index is 12.5. The van der Waals surface area contributed by atoms with Crippen molar-refractivity contribution in [3.63, 3.8) is 0 Å². The Morgan fingerprint density at radius 3 is 2.66 bits per heavy atom. The van der Waals surface area contributed by atoms with E-state index >= 15 is 0 Å². The van der Waals surface area contributed by atoms with Gasteiger partial charge in [0.15, 0.2) is 5.65 Å². The molecule has 2 aromatic heterocycles. The van der Waals surface area contributed by atoms with Gasteiger partial charge in [-0.25, -0.2) is 9.50 Å². The molecule has 4 rings (SSSR count). The topological polar surface area (TPSA) is 112 Å². The highest BCUT2D eigenvalue weighted by Gasteiger charge is 2.24. The highest BCUT2D eigenvalue weighted by Crippen LogP contribution is 2.27. The van der Waals surface area contributed by atoms with E-state index in [1.165, 1.54) is 0 Å². The maximum atomic E-state index is 12.5. The third-order valence-electron chi connectivity index (χ3n) is 7.03. The van der Waals surface area contributed by atoms with E-state index in [2.05, 4.69) is 15.5 Å². The van der Waals surface area contributed by atoms with Crippen LogP contribution in [0.15, 0.2) is 36.5 Å². The Balaban J connectivity index is 1.36. The van der Waals surface area contributed by atoms with Crippen LogP contribution in [0, 0.1) is 12.3 Å². The molecule has 9 heteroatoms. The molecule has 1 amide bonds. The standard InChI is InChI=1S/C29H40N6O3/c1-20-10-11-21(17-23(20)32-28(38)29(2,3)4)24-19-35-25(31-24)12-13-26(33-35)34-16-14-22(18-34)30-15-8-6-5-7-9-27(36)37/h10-13,17,19,22,30H,5-9,14-16,18H2,1-4H3,(H,32,38)(H,36,37). The molecular weight excluding hydrogens is 480 g/mol. The second kappa shape index (κ2) is 11.9. The summed E-state index contributed by atoms with van der Waals surface area (Å²) in [4.78, 5) is 30.2. The summed E-state index contributed by atoms with van der Waals surface area (Å²) in [7, 11) is 0. The van der Waals surface area contributed by atoms with E-state index in [1.54, 1.807) is 0 Å². The predicted octanol–water partition coefficient (Wildman–Crippen LogP) is 4.89. The number of rotatable bonds is 11. The Labute approximate surface area is 224 Å². The average Bonchev–Trinajstić information content (AvgIpc) is 3.50. The molecule has 1 aliphatic heterocycles. The first-order valence-corrected chi connectivity index (χ1v) is 13.6. The summed E-state index contributed by atoms with van der Waals surface area (Å²) in [6, 6.07) is 10.5. The Kier molecular flexibility index (Phi) is 8.66. The SMILES string of the molecule is Cc1ccc(-c2cn3nc(N4CCC(NCCCCCCC(=O)O)C4)ccc3n2)cc1NC(=O)C(C)(C)C. The molecule has 1 aliphatic rings. The Hall–Kier alpha value is -3.46. The van der Waals surface area contributed by atoms with Crippen LogP contribution in [0.4, 0.5) is 11.5 Å². The number of carbonyl (C=O) groups is 2. The lowest BCUT2D eigenvalue weighted by Crippen LogP contribution is -2.33. The molecule has 3 heterocycles. The van der Waals surface area contributed by atoms with Crippen LogP contribution >= 0.6 is 0 Å². The van der Waals surface area contributed by atoms with Gasteiger partial charge in [-0.2, -0.15) is 0 Å². The van der Waals surface area contributed by atoms with Crippen LogP contribution < -0.4 is 15.5 Å². The fourth-order valence-corrected chi connectivity index (χ4v) is 4.60. The van der Waals surface area contributed by atoms with Crippen molar-refractivity contribution >= 4 is 29.0 Å². The van der Waals surface area contributed by atoms with Gasteiger partial charge in [0.25, 0.3) is 0 Å². The van der Waals surface area contributed by atoms with Crippen molar-refractivity contribution in [2.45, 2.75) is 72.3 Å². The number of hydrogen-bond donors (Lipinski definition) is 3. The molecule has 0 spiro atoms. The third kappa shape index (κ3) is 7.10. The van der Waals surface area contributed by atoms with Gasteiger partial charge in [-0.1, -0.05) is 45.7 Å². The molecule has 0 aliphatic carbocycles. The number of unbranched alkanes of at least 4 members (excludes halogenated alkanes) is 3. The minimum absolute atomic E-state index is 0.0202. The molecule has 1 unspecified atom stereocenters. The number of aromatic nitrogens is 3. The number of aliphatic carboxylic acids is 1. The number of amides is 1. The summed E-state index contributed by atoms with van der Waals surface area (Å²) in [5, 5.41) is 20.2. The van der Waals surface area contributed by atoms with Gasteiger partial charge in [0.2, 0.25) is 5.91 Å². The number of aryl methyl sites for hydroxylation is 1. The van der Waals surface area contributed by atoms with Crippen molar-refractivity contribution in [1.82, 2.24) is 19.9 Å². The zero-order valence-electron chi connectivity index (χ0n) is 23.0. The molecule has 1 saturated heterocycles. The van der Waals surface area contributed by atoms with Crippen molar-refractivity contribution in [2.75, 3.05) is 29.9 Å². The van der Waals surface area contributed by atoms with E-state index in [0.29, 0.717) is 6.04 Å². The van der Waals surface area contributed by atoms with Gasteiger partial charge in [-0.3, -0.25) is 9.59 Å². The highest BCUT2D eigenvalue weighted by atomic mass is 16.4. The van der Waals surface area contributed by atoms with Gasteiger partial charge < -0.3 is 20.6 Å². The normalized spacial score (nSPS) is 15.8. The first-order valence-electron chi connectivity index (χ1n) is 13.6. The number of benzene rings is 1. The van der Waals surface area contributed by atoms with Crippen molar-refractivity contribution < 1.29 is 14.7 Å². The number of nitrogens with one attached hydrogen (secondary N) is 2. The molecule has 1 fully saturated rings. The molecule has 38 heavy (non-hydrogen) atoms. The van der Waals surface area contributed by atoms with Crippen LogP contribution in [-0.2, 0) is 9.59 Å². The summed E-state index contributed by atoms with van der Waals surface area (Å²) in [6.07, 6.45) is 7.13. The van der Waals surface area contributed by atoms with Gasteiger partial charge in [0.1, 0.15) is 5.82 Å². The number of fused-ring (bicyclic) bond motifs is 1. The maximum Gasteiger partial charge on any atom is 0.303 e. The molecule has 1 aromatic carbocycles. The monoisotopic (exact) mass is 520 g/mol. The number of carboxylic acids is 1. The molecule has 0 bridgehead atoms. The van der Waals surface area contributed by atoms with Gasteiger partial charge in [0.05, 0.1) is 11.9 Å². The van der Waals surface area contributed by atoms with Crippen LogP contribution in [0.25, 0.3) is 16.9 Å². The fourth-order valence-electron chi connectivity index (χ4n) is 4.60. The predicted molar refractivity (Wildman–Crippen MR) is 151 cm³/mol. The van der Waals surface area contributed by atoms with Crippen LogP contribution in [0.5, 0.6) is 0 Å². The highest BCUT2D eigenvalue weighted by molar-refractivity contribution is 5.95. The Bertz CT molecular complexity index is 1280. The van der Waals surface area contributed by atoms with Crippen molar-refractivity contribution in [3.8, 4) is 11.3 Å². The number of anilines is 2. The lowest BCUT2D eigenvalue weighted by molar-refractivity contribution is -0.137. The van der Waals surface area contributed by atoms with E-state index in [-0.39, 0.29) is 12.3 Å². The van der Waals surface area contributed by atoms with Crippen molar-refractivity contribution in [2.24, 2.45) is 5.41 Å². The second-order valence-electron chi connectivity index (χ2n) is 11.3. The van der Waals surface area contributed by atoms with E-state index in [4.69, 9.17) is 15.2 Å². The zero-order valence-corrected chi connectivity index (χ0v) is 23.0. The minimum atomic E-state index is -0.709. The summed E-state index contributed by atoms with van der Waals surface area (Å²) < 4.78 is 1.83. The number of hydrogen-bond acceptors (Lipinski definition) is 6. The molecule has 0 radical (unpaired) electrons. The van der Waals surface area contributed by atoms with E-state index in [9.17, 15) is 9.59 Å². The van der Waals surface area contributed by atoms with Gasteiger partial charge in [-0.05, 0) is 56.5 Å². The van der Waals surface area contributed by atoms with Gasteiger partial charge in [0, 0.05) is 42.2 Å². The van der Waals surface area contributed by atoms with Gasteiger partial charge >= 0.3 is 5.97 Å². The summed E-state index contributed by atoms with van der Waals surface area (Å²) in [6.45, 7) is 10.5. The fraction of sp³-hybridized carbons (Fsp3) is 0.517. The summed E-state index contributed by atoms with van der Waals surface area (Å²) in [5.41, 5.74) is 3.85. The van der Waals surface area contributed by atoms with E-state index < -0.39 is 11.4 Å². The first kappa shape index (κ1) is 27.6. The van der Waals surface area contributed by atoms with Crippen LogP contribution in [0.3, 0.4) is 0 Å². The van der Waals surface area contributed by atoms with E-state index in [1.807, 2.05) is 68.7 Å². The molecule has 204 valence electrons. The number of carbonyl (C=O) groups excluding carboxylic acids is 1. The third-order valence-corrected chi connectivity index (χ3v) is 7.03. The Morgan fingerprint density at radius 2 is 1.89 bits per heavy atom. The Morgan fingerprint density at radius 1 is 1.11 bits per heavy atom. The first-order chi connectivity index (χ1) is 18.1. The van der Waals surface area contributed by atoms with Crippen molar-refractivity contribution in [1.29, 1.82) is 0 Å². The molecule has 3 aromatic rings. The van der Waals surface area contributed by atoms with Crippen LogP contribution in [-0.4, -0.2) is 57.3 Å². The van der Waals surface area contributed by atoms with Gasteiger partial charge in [-0.15, -0.1) is 5.10 Å². The smallest absolute Gasteiger partial charge is 0.303 e. The largest absolute Gasteiger partial charge is 0.481 e. The molecular formula is C29H40N6O3. The van der Waals surface area contributed by atoms with E-state index in [0.717, 1.165) is 85.7 Å². The second-order valence-corrected chi connectivity index (χ2v) is 11.3. The lowest BCUT2D eigenvalue weighted by Gasteiger charge is -2.19. The number of imidazole rings is 1. The number of nitrogens with zero attached hydrogens (tertiary/aromatic N) is 4. The zero-order chi connectivity index (χ0) is 27.3. The average molecular weight is 521 g/mol. The molecule has 3 N–H and O–H groups in total. The quantitative estimate of drug-likeness (QED) is 0.309. The summed E-state index contributed by atoms with van der Waals surface area (Å²) in [5.74, 6) is 0.202. The minimum Gasteiger partial charge on any atom is -0.481 e. The van der Waals surface area contributed by atoms with Crippen LogP contribution in [0.1, 0.15) is 64.9 Å².